The summed E-state index contributed by atoms with van der Waals surface area (Å²) in [6.45, 7) is 2.20. The van der Waals surface area contributed by atoms with Crippen molar-refractivity contribution >= 4 is 11.5 Å². The molecule has 134 valence electrons. The molecule has 1 aromatic heterocycles. The molecule has 1 heterocycles. The van der Waals surface area contributed by atoms with Crippen LogP contribution in [0.25, 0.3) is 5.57 Å². The molecule has 1 aromatic rings. The third-order valence-corrected chi connectivity index (χ3v) is 4.96. The number of halogens is 1. The number of aliphatic hydroxyl groups is 1. The predicted molar refractivity (Wildman–Crippen MR) is 92.5 cm³/mol. The van der Waals surface area contributed by atoms with Gasteiger partial charge in [-0.2, -0.15) is 0 Å². The second-order valence-electron chi connectivity index (χ2n) is 6.87. The lowest BCUT2D eigenvalue weighted by Gasteiger charge is -2.31. The molecule has 2 rings (SSSR count). The van der Waals surface area contributed by atoms with Crippen LogP contribution in [0, 0.1) is 5.82 Å². The molecule has 1 unspecified atom stereocenters. The Hall–Kier alpha value is -1.62. The summed E-state index contributed by atoms with van der Waals surface area (Å²) in [5, 5.41) is 19.6. The molecule has 0 saturated heterocycles. The summed E-state index contributed by atoms with van der Waals surface area (Å²) >= 11 is 0. The molecule has 0 fully saturated rings. The lowest BCUT2D eigenvalue weighted by atomic mass is 9.80. The van der Waals surface area contributed by atoms with Gasteiger partial charge in [0.25, 0.3) is 0 Å². The molecule has 1 aliphatic rings. The van der Waals surface area contributed by atoms with Crippen molar-refractivity contribution in [2.75, 3.05) is 0 Å². The molecular weight excluding hydrogens is 309 g/mol. The van der Waals surface area contributed by atoms with Crippen LogP contribution in [-0.2, 0) is 0 Å². The van der Waals surface area contributed by atoms with Crippen LogP contribution in [0.15, 0.2) is 12.3 Å². The van der Waals surface area contributed by atoms with E-state index < -0.39 is 23.1 Å². The third kappa shape index (κ3) is 4.69. The summed E-state index contributed by atoms with van der Waals surface area (Å²) in [4.78, 5) is 13.4. The van der Waals surface area contributed by atoms with Crippen LogP contribution in [0.5, 0.6) is 0 Å². The first-order valence-electron chi connectivity index (χ1n) is 8.99. The normalized spacial score (nSPS) is 20.9. The Labute approximate surface area is 142 Å². The van der Waals surface area contributed by atoms with Gasteiger partial charge in [0.15, 0.2) is 11.5 Å². The van der Waals surface area contributed by atoms with E-state index in [0.717, 1.165) is 24.8 Å². The Morgan fingerprint density at radius 2 is 2.00 bits per heavy atom. The quantitative estimate of drug-likeness (QED) is 0.561. The summed E-state index contributed by atoms with van der Waals surface area (Å²) in [6, 6.07) is 0. The fraction of sp³-hybridized carbons (Fsp3) is 0.632. The first kappa shape index (κ1) is 18.7. The number of H-pyrrole nitrogens is 1. The Morgan fingerprint density at radius 1 is 1.29 bits per heavy atom. The maximum atomic E-state index is 14.1. The van der Waals surface area contributed by atoms with Gasteiger partial charge in [-0.1, -0.05) is 51.5 Å². The first-order chi connectivity index (χ1) is 11.5. The SMILES string of the molecule is CCCCCCCCC1(O)CC=C(c2c[nH]c(C(=O)O)c2F)CC1. The average Bonchev–Trinajstić information content (AvgIpc) is 2.93. The van der Waals surface area contributed by atoms with E-state index in [1.165, 1.54) is 31.9 Å². The van der Waals surface area contributed by atoms with Gasteiger partial charge in [0, 0.05) is 11.8 Å². The molecule has 1 aliphatic carbocycles. The lowest BCUT2D eigenvalue weighted by molar-refractivity contribution is 0.0214. The molecule has 5 heteroatoms. The second-order valence-corrected chi connectivity index (χ2v) is 6.87. The maximum absolute atomic E-state index is 14.1. The van der Waals surface area contributed by atoms with Gasteiger partial charge >= 0.3 is 5.97 Å². The monoisotopic (exact) mass is 337 g/mol. The highest BCUT2D eigenvalue weighted by atomic mass is 19.1. The number of aromatic carboxylic acids is 1. The van der Waals surface area contributed by atoms with Crippen molar-refractivity contribution in [2.45, 2.75) is 76.7 Å². The van der Waals surface area contributed by atoms with Crippen molar-refractivity contribution in [2.24, 2.45) is 0 Å². The molecule has 24 heavy (non-hydrogen) atoms. The first-order valence-corrected chi connectivity index (χ1v) is 8.99. The topological polar surface area (TPSA) is 73.3 Å². The molecule has 0 spiro atoms. The number of rotatable bonds is 9. The molecule has 0 aliphatic heterocycles. The number of hydrogen-bond acceptors (Lipinski definition) is 2. The van der Waals surface area contributed by atoms with Gasteiger partial charge in [-0.3, -0.25) is 0 Å². The molecule has 0 saturated carbocycles. The smallest absolute Gasteiger partial charge is 0.355 e. The molecular formula is C19H28FNO3. The molecule has 0 amide bonds. The van der Waals surface area contributed by atoms with E-state index in [4.69, 9.17) is 5.11 Å². The standard InChI is InChI=1S/C19H28FNO3/c1-2-3-4-5-6-7-10-19(24)11-8-14(9-12-19)15-13-21-17(16(15)20)18(22)23/h8,13,21,24H,2-7,9-12H2,1H3,(H,22,23). The summed E-state index contributed by atoms with van der Waals surface area (Å²) in [6.07, 6.45) is 12.9. The van der Waals surface area contributed by atoms with Crippen molar-refractivity contribution < 1.29 is 19.4 Å². The number of unbranched alkanes of at least 4 members (excludes halogenated alkanes) is 5. The number of carbonyl (C=O) groups is 1. The van der Waals surface area contributed by atoms with Crippen molar-refractivity contribution in [3.05, 3.63) is 29.3 Å². The van der Waals surface area contributed by atoms with E-state index in [1.54, 1.807) is 0 Å². The van der Waals surface area contributed by atoms with Crippen molar-refractivity contribution in [1.82, 2.24) is 4.98 Å². The Morgan fingerprint density at radius 3 is 2.58 bits per heavy atom. The molecule has 0 bridgehead atoms. The molecule has 1 atom stereocenters. The van der Waals surface area contributed by atoms with Crippen molar-refractivity contribution in [1.29, 1.82) is 0 Å². The van der Waals surface area contributed by atoms with Crippen molar-refractivity contribution in [3.8, 4) is 0 Å². The number of hydrogen-bond donors (Lipinski definition) is 3. The van der Waals surface area contributed by atoms with E-state index in [1.807, 2.05) is 6.08 Å². The zero-order valence-electron chi connectivity index (χ0n) is 14.4. The average molecular weight is 337 g/mol. The van der Waals surface area contributed by atoms with E-state index in [2.05, 4.69) is 11.9 Å². The highest BCUT2D eigenvalue weighted by molar-refractivity contribution is 5.87. The van der Waals surface area contributed by atoms with Gasteiger partial charge in [0.05, 0.1) is 5.60 Å². The minimum Gasteiger partial charge on any atom is -0.476 e. The molecule has 0 radical (unpaired) electrons. The number of allylic oxidation sites excluding steroid dienone is 1. The van der Waals surface area contributed by atoms with E-state index >= 15 is 0 Å². The van der Waals surface area contributed by atoms with Crippen LogP contribution in [0.1, 0.15) is 87.2 Å². The predicted octanol–water partition coefficient (Wildman–Crippen LogP) is 4.90. The van der Waals surface area contributed by atoms with Gasteiger partial charge < -0.3 is 15.2 Å². The third-order valence-electron chi connectivity index (χ3n) is 4.96. The van der Waals surface area contributed by atoms with E-state index in [0.29, 0.717) is 24.8 Å². The van der Waals surface area contributed by atoms with Crippen LogP contribution >= 0.6 is 0 Å². The fourth-order valence-corrected chi connectivity index (χ4v) is 3.39. The van der Waals surface area contributed by atoms with Crippen LogP contribution in [0.3, 0.4) is 0 Å². The van der Waals surface area contributed by atoms with Gasteiger partial charge in [-0.05, 0) is 31.3 Å². The van der Waals surface area contributed by atoms with Gasteiger partial charge in [-0.25, -0.2) is 9.18 Å². The summed E-state index contributed by atoms with van der Waals surface area (Å²) in [5.74, 6) is -2.01. The fourth-order valence-electron chi connectivity index (χ4n) is 3.39. The number of nitrogens with one attached hydrogen (secondary N) is 1. The minimum absolute atomic E-state index is 0.314. The Balaban J connectivity index is 1.87. The highest BCUT2D eigenvalue weighted by Gasteiger charge is 2.30. The second kappa shape index (κ2) is 8.47. The maximum Gasteiger partial charge on any atom is 0.355 e. The highest BCUT2D eigenvalue weighted by Crippen LogP contribution is 2.37. The Kier molecular flexibility index (Phi) is 6.60. The van der Waals surface area contributed by atoms with Gasteiger partial charge in [-0.15, -0.1) is 0 Å². The lowest BCUT2D eigenvalue weighted by Crippen LogP contribution is -2.30. The minimum atomic E-state index is -1.30. The molecule has 0 aromatic carbocycles. The van der Waals surface area contributed by atoms with Gasteiger partial charge in [0.1, 0.15) is 0 Å². The zero-order chi connectivity index (χ0) is 17.6. The van der Waals surface area contributed by atoms with Crippen LogP contribution < -0.4 is 0 Å². The number of carboxylic acids is 1. The van der Waals surface area contributed by atoms with Crippen LogP contribution in [0.2, 0.25) is 0 Å². The van der Waals surface area contributed by atoms with E-state index in [9.17, 15) is 14.3 Å². The van der Waals surface area contributed by atoms with E-state index in [-0.39, 0.29) is 0 Å². The van der Waals surface area contributed by atoms with Crippen molar-refractivity contribution in [3.63, 3.8) is 0 Å². The molecule has 4 nitrogen and oxygen atoms in total. The van der Waals surface area contributed by atoms with Crippen LogP contribution in [0.4, 0.5) is 4.39 Å². The Bertz CT molecular complexity index is 593. The summed E-state index contributed by atoms with van der Waals surface area (Å²) in [5.41, 5.74) is -0.00636. The molecule has 3 N–H and O–H groups in total. The number of carboxylic acid groups (broad SMARTS) is 1. The van der Waals surface area contributed by atoms with Crippen LogP contribution in [-0.4, -0.2) is 26.8 Å². The summed E-state index contributed by atoms with van der Waals surface area (Å²) < 4.78 is 14.1. The van der Waals surface area contributed by atoms with Gasteiger partial charge in [0.2, 0.25) is 0 Å². The summed E-state index contributed by atoms with van der Waals surface area (Å²) in [7, 11) is 0. The number of aromatic amines is 1. The zero-order valence-corrected chi connectivity index (χ0v) is 14.4. The number of aromatic nitrogens is 1. The largest absolute Gasteiger partial charge is 0.476 e.